The zero-order valence-electron chi connectivity index (χ0n) is 27.3. The number of rotatable bonds is 8. The monoisotopic (exact) mass is 745 g/mol. The summed E-state index contributed by atoms with van der Waals surface area (Å²) in [6.45, 7) is 1.48. The first-order valence-electron chi connectivity index (χ1n) is 15.5. The van der Waals surface area contributed by atoms with E-state index < -0.39 is 106 Å². The highest BCUT2D eigenvalue weighted by Crippen LogP contribution is 2.58. The number of aromatic nitrogens is 3. The van der Waals surface area contributed by atoms with Gasteiger partial charge in [-0.15, -0.1) is 0 Å². The number of aliphatic hydroxyl groups is 1. The van der Waals surface area contributed by atoms with E-state index in [1.807, 2.05) is 0 Å². The fourth-order valence-corrected chi connectivity index (χ4v) is 6.13. The first-order valence-corrected chi connectivity index (χ1v) is 15.5. The van der Waals surface area contributed by atoms with Crippen molar-refractivity contribution in [2.45, 2.75) is 56.5 Å². The number of carbonyl (C=O) groups is 2. The maximum absolute atomic E-state index is 15.4. The molecule has 0 bridgehead atoms. The Balaban J connectivity index is 1.49. The number of halogens is 9. The second kappa shape index (κ2) is 13.0. The van der Waals surface area contributed by atoms with E-state index in [9.17, 15) is 45.4 Å². The molecule has 2 aliphatic rings. The summed E-state index contributed by atoms with van der Waals surface area (Å²) in [5.41, 5.74) is -1.68. The van der Waals surface area contributed by atoms with Crippen LogP contribution in [0.5, 0.6) is 0 Å². The van der Waals surface area contributed by atoms with Crippen molar-refractivity contribution in [1.82, 2.24) is 20.1 Å². The van der Waals surface area contributed by atoms with Crippen LogP contribution in [0.4, 0.5) is 39.5 Å². The minimum atomic E-state index is -5.18. The molecule has 2 amide bonds. The molecule has 8 nitrogen and oxygen atoms in total. The van der Waals surface area contributed by atoms with E-state index in [0.717, 1.165) is 18.2 Å². The quantitative estimate of drug-likeness (QED) is 0.159. The number of fused-ring (bicyclic) bond motifs is 3. The fourth-order valence-electron chi connectivity index (χ4n) is 6.13. The van der Waals surface area contributed by atoms with Crippen LogP contribution >= 0.6 is 0 Å². The third kappa shape index (κ3) is 7.17. The van der Waals surface area contributed by atoms with Gasteiger partial charge in [0.2, 0.25) is 5.91 Å². The molecule has 17 heteroatoms. The Labute approximate surface area is 294 Å². The molecule has 0 spiro atoms. The largest absolute Gasteiger partial charge is 0.435 e. The molecule has 3 atom stereocenters. The molecule has 2 aromatic carbocycles. The van der Waals surface area contributed by atoms with Crippen LogP contribution in [0.1, 0.15) is 70.1 Å². The lowest BCUT2D eigenvalue weighted by atomic mass is 9.84. The second-order valence-corrected chi connectivity index (χ2v) is 12.9. The molecule has 0 radical (unpaired) electrons. The molecule has 4 N–H and O–H groups in total. The normalized spacial score (nSPS) is 17.4. The average molecular weight is 746 g/mol. The highest BCUT2D eigenvalue weighted by atomic mass is 19.4. The first kappa shape index (κ1) is 37.0. The van der Waals surface area contributed by atoms with Crippen LogP contribution in [0.3, 0.4) is 0 Å². The van der Waals surface area contributed by atoms with Crippen LogP contribution in [0.15, 0.2) is 42.5 Å². The minimum absolute atomic E-state index is 0.0944. The molecule has 274 valence electrons. The number of amides is 2. The van der Waals surface area contributed by atoms with Crippen molar-refractivity contribution < 1.29 is 54.2 Å². The van der Waals surface area contributed by atoms with Crippen LogP contribution < -0.4 is 11.1 Å². The molecule has 0 aliphatic heterocycles. The number of nitrogens with zero attached hydrogens (tertiary/aromatic N) is 3. The van der Waals surface area contributed by atoms with Crippen LogP contribution in [0, 0.1) is 52.9 Å². The topological polar surface area (TPSA) is 123 Å². The molecular formula is C36H24F9N5O3. The van der Waals surface area contributed by atoms with Gasteiger partial charge in [0, 0.05) is 17.2 Å². The third-order valence-electron chi connectivity index (χ3n) is 8.35. The van der Waals surface area contributed by atoms with Crippen molar-refractivity contribution in [2.24, 2.45) is 11.7 Å². The summed E-state index contributed by atoms with van der Waals surface area (Å²) in [5, 5.41) is 15.9. The van der Waals surface area contributed by atoms with E-state index >= 15 is 8.78 Å². The molecule has 1 unspecified atom stereocenters. The zero-order chi connectivity index (χ0) is 38.8. The number of nitrogens with one attached hydrogen (secondary N) is 1. The molecule has 0 saturated carbocycles. The number of pyridine rings is 1. The zero-order valence-corrected chi connectivity index (χ0v) is 27.3. The smallest absolute Gasteiger partial charge is 0.378 e. The van der Waals surface area contributed by atoms with E-state index in [2.05, 4.69) is 39.1 Å². The van der Waals surface area contributed by atoms with Crippen molar-refractivity contribution in [3.05, 3.63) is 105 Å². The number of alkyl halides is 5. The van der Waals surface area contributed by atoms with Crippen LogP contribution in [0.25, 0.3) is 11.1 Å². The molecule has 2 aromatic heterocycles. The highest BCUT2D eigenvalue weighted by Gasteiger charge is 2.62. The maximum atomic E-state index is 15.4. The Hall–Kier alpha value is -5.81. The Morgan fingerprint density at radius 2 is 1.74 bits per heavy atom. The summed E-state index contributed by atoms with van der Waals surface area (Å²) in [6, 6.07) is 4.82. The van der Waals surface area contributed by atoms with E-state index in [1.54, 1.807) is 0 Å². The van der Waals surface area contributed by atoms with E-state index in [0.29, 0.717) is 12.1 Å². The summed E-state index contributed by atoms with van der Waals surface area (Å²) < 4.78 is 131. The summed E-state index contributed by atoms with van der Waals surface area (Å²) in [7, 11) is 0. The van der Waals surface area contributed by atoms with Gasteiger partial charge >= 0.3 is 12.1 Å². The van der Waals surface area contributed by atoms with Gasteiger partial charge in [-0.3, -0.25) is 14.3 Å². The number of nitrogens with two attached hydrogens (primary N) is 1. The van der Waals surface area contributed by atoms with Crippen LogP contribution in [-0.4, -0.2) is 37.3 Å². The van der Waals surface area contributed by atoms with Gasteiger partial charge < -0.3 is 16.2 Å². The van der Waals surface area contributed by atoms with Gasteiger partial charge in [-0.1, -0.05) is 17.8 Å². The van der Waals surface area contributed by atoms with E-state index in [4.69, 9.17) is 5.73 Å². The lowest BCUT2D eigenvalue weighted by molar-refractivity contribution is -0.142. The third-order valence-corrected chi connectivity index (χ3v) is 8.35. The second-order valence-electron chi connectivity index (χ2n) is 12.9. The number of hydrogen-bond acceptors (Lipinski definition) is 5. The standard InChI is InChI=1S/C36H24F9N5O3/c1-34(2,53)8-7-20-3-4-21(17-12-23(33(46)52)29(40)25(39)13-17)30(47-20)26(11-16-9-18(37)14-19(38)10-16)48-27(51)15-50-32-28(31(49-50)36(43,44)45)22-5-6-24(22)35(32,41)42/h3-4,9-10,12-14,22,24,26,53H,11,15H2,1-2H3,(H2,46,52)(H,48,51)/t22-,24+,26?/m0/s1. The molecular weight excluding hydrogens is 721 g/mol. The number of primary amides is 1. The Bertz CT molecular complexity index is 2300. The van der Waals surface area contributed by atoms with Gasteiger partial charge in [0.25, 0.3) is 5.91 Å². The lowest BCUT2D eigenvalue weighted by Gasteiger charge is -2.24. The molecule has 4 aromatic rings. The molecule has 2 aliphatic carbocycles. The molecule has 0 saturated heterocycles. The van der Waals surface area contributed by atoms with Gasteiger partial charge in [-0.2, -0.15) is 27.1 Å². The molecule has 0 fully saturated rings. The summed E-state index contributed by atoms with van der Waals surface area (Å²) >= 11 is 0. The number of hydrogen-bond donors (Lipinski definition) is 3. The molecule has 2 heterocycles. The van der Waals surface area contributed by atoms with Gasteiger partial charge in [-0.05, 0) is 73.7 Å². The lowest BCUT2D eigenvalue weighted by Crippen LogP contribution is -2.36. The number of carbonyl (C=O) groups excluding carboxylic acids is 2. The van der Waals surface area contributed by atoms with Crippen molar-refractivity contribution in [3.63, 3.8) is 0 Å². The SMILES string of the molecule is CC(C)(O)C#Cc1ccc(-c2cc(F)c(F)c(C(N)=O)c2)c(C(Cc2cc(F)cc(F)c2)NC(=O)Cn2nc(C(F)(F)F)c3c2C(F)(F)[C@@H]2C#C[C@H]32)n1. The van der Waals surface area contributed by atoms with Gasteiger partial charge in [0.05, 0.1) is 23.2 Å². The van der Waals surface area contributed by atoms with Gasteiger partial charge in [-0.25, -0.2) is 22.5 Å². The highest BCUT2D eigenvalue weighted by molar-refractivity contribution is 5.94. The van der Waals surface area contributed by atoms with Crippen molar-refractivity contribution in [2.75, 3.05) is 0 Å². The van der Waals surface area contributed by atoms with Crippen LogP contribution in [0.2, 0.25) is 0 Å². The minimum Gasteiger partial charge on any atom is -0.378 e. The molecule has 53 heavy (non-hydrogen) atoms. The average Bonchev–Trinajstić information content (AvgIpc) is 3.45. The first-order chi connectivity index (χ1) is 24.6. The van der Waals surface area contributed by atoms with Gasteiger partial charge in [0.15, 0.2) is 17.3 Å². The summed E-state index contributed by atoms with van der Waals surface area (Å²) in [5.74, 6) is -5.37. The Morgan fingerprint density at radius 3 is 2.32 bits per heavy atom. The van der Waals surface area contributed by atoms with E-state index in [1.165, 1.54) is 26.0 Å². The van der Waals surface area contributed by atoms with E-state index in [-0.39, 0.29) is 32.8 Å². The molecule has 6 rings (SSSR count). The van der Waals surface area contributed by atoms with Crippen molar-refractivity contribution >= 4 is 11.8 Å². The van der Waals surface area contributed by atoms with Gasteiger partial charge in [0.1, 0.15) is 41.1 Å². The fraction of sp³-hybridized carbons (Fsp3) is 0.278. The Morgan fingerprint density at radius 1 is 1.06 bits per heavy atom. The summed E-state index contributed by atoms with van der Waals surface area (Å²) in [4.78, 5) is 30.0. The maximum Gasteiger partial charge on any atom is 0.435 e. The van der Waals surface area contributed by atoms with Crippen molar-refractivity contribution in [1.29, 1.82) is 0 Å². The Kier molecular flexibility index (Phi) is 9.06. The van der Waals surface area contributed by atoms with Crippen molar-refractivity contribution in [3.8, 4) is 34.8 Å². The summed E-state index contributed by atoms with van der Waals surface area (Å²) in [6.07, 6.45) is -5.72. The predicted molar refractivity (Wildman–Crippen MR) is 167 cm³/mol. The van der Waals surface area contributed by atoms with Crippen LogP contribution in [-0.2, 0) is 29.9 Å². The number of benzene rings is 2. The predicted octanol–water partition coefficient (Wildman–Crippen LogP) is 5.66.